The molecule has 0 bridgehead atoms. The van der Waals surface area contributed by atoms with Crippen molar-refractivity contribution < 1.29 is 12.8 Å². The third-order valence-corrected chi connectivity index (χ3v) is 3.86. The third-order valence-electron chi connectivity index (χ3n) is 2.72. The van der Waals surface area contributed by atoms with Gasteiger partial charge in [-0.15, -0.1) is 5.10 Å². The van der Waals surface area contributed by atoms with Gasteiger partial charge in [0.05, 0.1) is 5.69 Å². The lowest BCUT2D eigenvalue weighted by atomic mass is 10.3. The summed E-state index contributed by atoms with van der Waals surface area (Å²) < 4.78 is 37.9. The topological polar surface area (TPSA) is 81.2 Å². The van der Waals surface area contributed by atoms with Crippen LogP contribution in [0.15, 0.2) is 29.2 Å². The third kappa shape index (κ3) is 2.46. The zero-order valence-electron chi connectivity index (χ0n) is 11.3. The van der Waals surface area contributed by atoms with Gasteiger partial charge in [0.15, 0.2) is 20.6 Å². The molecule has 6 nitrogen and oxygen atoms in total. The van der Waals surface area contributed by atoms with Crippen molar-refractivity contribution in [3.05, 3.63) is 30.1 Å². The van der Waals surface area contributed by atoms with Crippen LogP contribution in [0.5, 0.6) is 0 Å². The van der Waals surface area contributed by atoms with E-state index in [4.69, 9.17) is 5.73 Å². The first kappa shape index (κ1) is 14.3. The monoisotopic (exact) mass is 298 g/mol. The van der Waals surface area contributed by atoms with Crippen molar-refractivity contribution in [2.45, 2.75) is 4.90 Å². The lowest BCUT2D eigenvalue weighted by molar-refractivity contribution is 0.602. The summed E-state index contributed by atoms with van der Waals surface area (Å²) in [6.07, 6.45) is 1.07. The zero-order chi connectivity index (χ0) is 15.1. The van der Waals surface area contributed by atoms with Gasteiger partial charge in [-0.05, 0) is 24.3 Å². The van der Waals surface area contributed by atoms with Crippen LogP contribution in [-0.2, 0) is 9.84 Å². The molecule has 1 aromatic carbocycles. The van der Waals surface area contributed by atoms with Gasteiger partial charge >= 0.3 is 0 Å². The molecule has 20 heavy (non-hydrogen) atoms. The van der Waals surface area contributed by atoms with Gasteiger partial charge in [-0.3, -0.25) is 0 Å². The molecule has 8 heteroatoms. The maximum Gasteiger partial charge on any atom is 0.182 e. The molecule has 0 saturated carbocycles. The number of anilines is 2. The Morgan fingerprint density at radius 1 is 1.25 bits per heavy atom. The molecular formula is C12H15FN4O2S. The van der Waals surface area contributed by atoms with Crippen LogP contribution < -0.4 is 10.6 Å². The summed E-state index contributed by atoms with van der Waals surface area (Å²) in [6.45, 7) is 0. The van der Waals surface area contributed by atoms with Crippen LogP contribution in [-0.4, -0.2) is 38.5 Å². The molecule has 0 aliphatic rings. The molecule has 0 spiro atoms. The fourth-order valence-corrected chi connectivity index (χ4v) is 2.85. The fraction of sp³-hybridized carbons (Fsp3) is 0.250. The van der Waals surface area contributed by atoms with E-state index in [0.29, 0.717) is 5.69 Å². The average Bonchev–Trinajstić information content (AvgIpc) is 2.68. The number of benzene rings is 1. The number of sulfone groups is 1. The smallest absolute Gasteiger partial charge is 0.182 e. The van der Waals surface area contributed by atoms with Crippen molar-refractivity contribution in [1.29, 1.82) is 0 Å². The van der Waals surface area contributed by atoms with Crippen molar-refractivity contribution in [3.63, 3.8) is 0 Å². The van der Waals surface area contributed by atoms with Crippen LogP contribution in [0.2, 0.25) is 0 Å². The van der Waals surface area contributed by atoms with E-state index in [1.54, 1.807) is 19.0 Å². The van der Waals surface area contributed by atoms with Crippen molar-refractivity contribution >= 4 is 21.5 Å². The molecule has 1 heterocycles. The van der Waals surface area contributed by atoms with Crippen LogP contribution >= 0.6 is 0 Å². The second kappa shape index (κ2) is 4.78. The fourth-order valence-electron chi connectivity index (χ4n) is 1.83. The molecule has 0 atom stereocenters. The summed E-state index contributed by atoms with van der Waals surface area (Å²) in [4.78, 5) is 1.53. The predicted octanol–water partition coefficient (Wildman–Crippen LogP) is 1.06. The molecule has 0 amide bonds. The van der Waals surface area contributed by atoms with E-state index in [1.165, 1.54) is 28.9 Å². The van der Waals surface area contributed by atoms with Gasteiger partial charge in [-0.1, -0.05) is 0 Å². The summed E-state index contributed by atoms with van der Waals surface area (Å²) in [7, 11) is -0.184. The highest BCUT2D eigenvalue weighted by Crippen LogP contribution is 2.30. The lowest BCUT2D eigenvalue weighted by Crippen LogP contribution is -2.13. The standard InChI is InChI=1S/C12H15FN4O2S/c1-16(2)12-10(20(3,18)19)11(14)17(15-12)9-6-4-8(13)5-7-9/h4-7H,14H2,1-3H3. The van der Waals surface area contributed by atoms with Crippen LogP contribution in [0.1, 0.15) is 0 Å². The Balaban J connectivity index is 2.71. The summed E-state index contributed by atoms with van der Waals surface area (Å²) >= 11 is 0. The van der Waals surface area contributed by atoms with Crippen molar-refractivity contribution in [3.8, 4) is 5.69 Å². The number of nitrogens with two attached hydrogens (primary N) is 1. The van der Waals surface area contributed by atoms with Gasteiger partial charge in [-0.2, -0.15) is 0 Å². The first-order valence-electron chi connectivity index (χ1n) is 5.73. The molecule has 2 rings (SSSR count). The van der Waals surface area contributed by atoms with E-state index in [2.05, 4.69) is 5.10 Å². The minimum atomic E-state index is -3.53. The first-order valence-corrected chi connectivity index (χ1v) is 7.62. The molecule has 2 N–H and O–H groups in total. The number of aromatic nitrogens is 2. The van der Waals surface area contributed by atoms with Gasteiger partial charge in [-0.25, -0.2) is 17.5 Å². The maximum atomic E-state index is 12.9. The molecule has 0 aliphatic carbocycles. The highest BCUT2D eigenvalue weighted by Gasteiger charge is 2.25. The molecule has 0 fully saturated rings. The Kier molecular flexibility index (Phi) is 3.43. The van der Waals surface area contributed by atoms with E-state index >= 15 is 0 Å². The lowest BCUT2D eigenvalue weighted by Gasteiger charge is -2.09. The molecule has 2 aromatic rings. The summed E-state index contributed by atoms with van der Waals surface area (Å²) in [5.74, 6) is -0.146. The van der Waals surface area contributed by atoms with Crippen molar-refractivity contribution in [2.24, 2.45) is 0 Å². The van der Waals surface area contributed by atoms with Crippen molar-refractivity contribution in [2.75, 3.05) is 31.0 Å². The Hall–Kier alpha value is -2.09. The van der Waals surface area contributed by atoms with E-state index in [9.17, 15) is 12.8 Å². The Labute approximate surface area is 116 Å². The highest BCUT2D eigenvalue weighted by molar-refractivity contribution is 7.91. The largest absolute Gasteiger partial charge is 0.382 e. The Morgan fingerprint density at radius 3 is 2.20 bits per heavy atom. The molecule has 1 aromatic heterocycles. The summed E-state index contributed by atoms with van der Waals surface area (Å²) in [6, 6.07) is 5.46. The molecule has 0 aliphatic heterocycles. The second-order valence-electron chi connectivity index (χ2n) is 4.59. The van der Waals surface area contributed by atoms with Crippen LogP contribution in [0.3, 0.4) is 0 Å². The van der Waals surface area contributed by atoms with Gasteiger partial charge in [0.1, 0.15) is 11.6 Å². The minimum Gasteiger partial charge on any atom is -0.382 e. The summed E-state index contributed by atoms with van der Waals surface area (Å²) in [5.41, 5.74) is 6.39. The number of hydrogen-bond acceptors (Lipinski definition) is 5. The molecule has 0 radical (unpaired) electrons. The van der Waals surface area contributed by atoms with Crippen LogP contribution in [0.25, 0.3) is 5.69 Å². The quantitative estimate of drug-likeness (QED) is 0.916. The number of halogens is 1. The van der Waals surface area contributed by atoms with E-state index in [0.717, 1.165) is 6.26 Å². The minimum absolute atomic E-state index is 0.00260. The second-order valence-corrected chi connectivity index (χ2v) is 6.55. The molecular weight excluding hydrogens is 283 g/mol. The average molecular weight is 298 g/mol. The zero-order valence-corrected chi connectivity index (χ0v) is 12.1. The molecule has 108 valence electrons. The number of nitrogen functional groups attached to an aromatic ring is 1. The number of nitrogens with zero attached hydrogens (tertiary/aromatic N) is 3. The van der Waals surface area contributed by atoms with Gasteiger partial charge in [0, 0.05) is 20.4 Å². The molecule has 0 saturated heterocycles. The van der Waals surface area contributed by atoms with Gasteiger partial charge < -0.3 is 10.6 Å². The van der Waals surface area contributed by atoms with E-state index in [-0.39, 0.29) is 16.5 Å². The normalized spacial score (nSPS) is 11.6. The Bertz CT molecular complexity index is 736. The SMILES string of the molecule is CN(C)c1nn(-c2ccc(F)cc2)c(N)c1S(C)(=O)=O. The highest BCUT2D eigenvalue weighted by atomic mass is 32.2. The van der Waals surface area contributed by atoms with Crippen LogP contribution in [0, 0.1) is 5.82 Å². The Morgan fingerprint density at radius 2 is 1.80 bits per heavy atom. The number of hydrogen-bond donors (Lipinski definition) is 1. The van der Waals surface area contributed by atoms with Gasteiger partial charge in [0.2, 0.25) is 0 Å². The molecule has 0 unspecified atom stereocenters. The predicted molar refractivity (Wildman–Crippen MR) is 75.4 cm³/mol. The van der Waals surface area contributed by atoms with Crippen molar-refractivity contribution in [1.82, 2.24) is 9.78 Å². The van der Waals surface area contributed by atoms with E-state index < -0.39 is 15.7 Å². The summed E-state index contributed by atoms with van der Waals surface area (Å²) in [5, 5.41) is 4.19. The maximum absolute atomic E-state index is 12.9. The first-order chi connectivity index (χ1) is 9.21. The van der Waals surface area contributed by atoms with Gasteiger partial charge in [0.25, 0.3) is 0 Å². The van der Waals surface area contributed by atoms with E-state index in [1.807, 2.05) is 0 Å². The van der Waals surface area contributed by atoms with Crippen LogP contribution in [0.4, 0.5) is 16.0 Å². The number of rotatable bonds is 3.